The first kappa shape index (κ1) is 53.5. The van der Waals surface area contributed by atoms with Gasteiger partial charge in [0.05, 0.1) is 31.3 Å². The third-order valence-electron chi connectivity index (χ3n) is 10.5. The lowest BCUT2D eigenvalue weighted by atomic mass is 9.85. The van der Waals surface area contributed by atoms with Crippen molar-refractivity contribution in [2.45, 2.75) is 223 Å². The monoisotopic (exact) mass is 834 g/mol. The summed E-state index contributed by atoms with van der Waals surface area (Å²) in [6, 6.07) is -1.26. The Morgan fingerprint density at radius 3 is 1.54 bits per heavy atom. The zero-order valence-electron chi connectivity index (χ0n) is 35.0. The van der Waals surface area contributed by atoms with Crippen molar-refractivity contribution >= 4 is 13.7 Å². The summed E-state index contributed by atoms with van der Waals surface area (Å²) in [6.07, 6.45) is 22.4. The molecule has 0 spiro atoms. The Bertz CT molecular complexity index is 1120. The van der Waals surface area contributed by atoms with Crippen LogP contribution >= 0.6 is 7.82 Å². The number of hydrogen-bond acceptors (Lipinski definition) is 11. The van der Waals surface area contributed by atoms with Crippen LogP contribution in [0.15, 0.2) is 36.5 Å². The summed E-state index contributed by atoms with van der Waals surface area (Å²) in [5.74, 6) is -0.608. The highest BCUT2D eigenvalue weighted by atomic mass is 31.2. The molecular weight excluding hydrogens is 753 g/mol. The quantitative estimate of drug-likeness (QED) is 0.0187. The second-order valence-electron chi connectivity index (χ2n) is 15.7. The lowest BCUT2D eigenvalue weighted by Gasteiger charge is -2.41. The van der Waals surface area contributed by atoms with Gasteiger partial charge in [-0.3, -0.25) is 13.8 Å². The first-order valence-corrected chi connectivity index (χ1v) is 23.5. The zero-order chi connectivity index (χ0) is 42.3. The van der Waals surface area contributed by atoms with Crippen molar-refractivity contribution in [2.24, 2.45) is 0 Å². The van der Waals surface area contributed by atoms with E-state index < -0.39 is 75.2 Å². The zero-order valence-corrected chi connectivity index (χ0v) is 35.9. The number of aliphatic hydroxyl groups is 7. The number of rotatable bonds is 35. The number of carbonyl (C=O) groups excluding carboxylic acids is 1. The van der Waals surface area contributed by atoms with Crippen LogP contribution in [0.3, 0.4) is 0 Å². The number of unbranched alkanes of at least 4 members (excludes halogenated alkanes) is 18. The van der Waals surface area contributed by atoms with Crippen molar-refractivity contribution in [1.82, 2.24) is 5.32 Å². The van der Waals surface area contributed by atoms with Crippen LogP contribution in [-0.2, 0) is 18.4 Å². The first-order chi connectivity index (χ1) is 27.3. The highest BCUT2D eigenvalue weighted by molar-refractivity contribution is 7.47. The SMILES string of the molecule is CCCCC/C=C/CC/C=C/CC/C=C/C(O)C(COP(=O)(O)OC1C(O)C(O)C(O)C(O)C1O)NC(=O)CC(O)CCCCCCCCCCCCCCCC. The van der Waals surface area contributed by atoms with Crippen molar-refractivity contribution < 1.29 is 59.0 Å². The summed E-state index contributed by atoms with van der Waals surface area (Å²) >= 11 is 0. The maximum Gasteiger partial charge on any atom is 0.472 e. The summed E-state index contributed by atoms with van der Waals surface area (Å²) in [7, 11) is -5.15. The minimum atomic E-state index is -5.15. The van der Waals surface area contributed by atoms with Gasteiger partial charge in [0.1, 0.15) is 36.6 Å². The number of phosphoric acid groups is 1. The van der Waals surface area contributed by atoms with Gasteiger partial charge in [-0.15, -0.1) is 0 Å². The standard InChI is InChI=1S/C43H80NO12P/c1-3-5-7-9-11-13-15-17-19-20-22-24-26-28-30-34(45)32-37(47)44-35(36(46)31-29-27-25-23-21-18-16-14-12-10-8-6-4-2)33-55-57(53,54)56-43-41(51)39(49)38(48)40(50)42(43)52/h12,14,21,23,29,31,34-36,38-43,45-46,48-52H,3-11,13,15-20,22,24-28,30,32-33H2,1-2H3,(H,44,47)(H,53,54)/b14-12+,23-21+,31-29+. The average Bonchev–Trinajstić information content (AvgIpc) is 3.18. The van der Waals surface area contributed by atoms with E-state index >= 15 is 0 Å². The van der Waals surface area contributed by atoms with E-state index in [0.717, 1.165) is 44.9 Å². The molecule has 0 heterocycles. The van der Waals surface area contributed by atoms with Gasteiger partial charge >= 0.3 is 7.82 Å². The van der Waals surface area contributed by atoms with Crippen LogP contribution < -0.4 is 5.32 Å². The van der Waals surface area contributed by atoms with E-state index in [1.54, 1.807) is 6.08 Å². The molecule has 0 bridgehead atoms. The molecule has 0 saturated heterocycles. The third kappa shape index (κ3) is 25.7. The van der Waals surface area contributed by atoms with Crippen LogP contribution in [0, 0.1) is 0 Å². The molecule has 0 aliphatic heterocycles. The Morgan fingerprint density at radius 1 is 0.614 bits per heavy atom. The van der Waals surface area contributed by atoms with Gasteiger partial charge in [-0.25, -0.2) is 4.57 Å². The molecule has 1 rings (SSSR count). The van der Waals surface area contributed by atoms with E-state index in [-0.39, 0.29) is 6.42 Å². The molecule has 1 fully saturated rings. The fourth-order valence-corrected chi connectivity index (χ4v) is 7.77. The highest BCUT2D eigenvalue weighted by Crippen LogP contribution is 2.47. The van der Waals surface area contributed by atoms with Gasteiger partial charge in [0, 0.05) is 0 Å². The first-order valence-electron chi connectivity index (χ1n) is 22.0. The Labute approximate surface area is 343 Å². The summed E-state index contributed by atoms with van der Waals surface area (Å²) in [5, 5.41) is 74.2. The number of amides is 1. The number of hydrogen-bond donors (Lipinski definition) is 9. The third-order valence-corrected chi connectivity index (χ3v) is 11.4. The van der Waals surface area contributed by atoms with Gasteiger partial charge in [0.25, 0.3) is 0 Å². The Hall–Kier alpha value is -1.48. The second-order valence-corrected chi connectivity index (χ2v) is 17.1. The van der Waals surface area contributed by atoms with Crippen LogP contribution in [0.4, 0.5) is 0 Å². The fourth-order valence-electron chi connectivity index (χ4n) is 6.80. The largest absolute Gasteiger partial charge is 0.472 e. The summed E-state index contributed by atoms with van der Waals surface area (Å²) in [6.45, 7) is 3.67. The van der Waals surface area contributed by atoms with Crippen LogP contribution in [0.2, 0.25) is 0 Å². The molecule has 1 aliphatic rings. The number of phosphoric ester groups is 1. The molecule has 1 amide bonds. The fraction of sp³-hybridized carbons (Fsp3) is 0.837. The van der Waals surface area contributed by atoms with Crippen LogP contribution in [0.5, 0.6) is 0 Å². The normalized spacial score (nSPS) is 24.3. The Kier molecular flexibility index (Phi) is 31.2. The highest BCUT2D eigenvalue weighted by Gasteiger charge is 2.51. The number of carbonyl (C=O) groups is 1. The van der Waals surface area contributed by atoms with Gasteiger partial charge in [0.2, 0.25) is 5.91 Å². The molecule has 14 heteroatoms. The Morgan fingerprint density at radius 2 is 1.04 bits per heavy atom. The van der Waals surface area contributed by atoms with Gasteiger partial charge in [0.15, 0.2) is 0 Å². The van der Waals surface area contributed by atoms with Crippen molar-refractivity contribution in [2.75, 3.05) is 6.61 Å². The topological polar surface area (TPSA) is 226 Å². The van der Waals surface area contributed by atoms with E-state index in [1.807, 2.05) is 6.08 Å². The molecule has 8 atom stereocenters. The van der Waals surface area contributed by atoms with Crippen molar-refractivity contribution in [1.29, 1.82) is 0 Å². The smallest absolute Gasteiger partial charge is 0.393 e. The van der Waals surface area contributed by atoms with E-state index in [9.17, 15) is 50.0 Å². The average molecular weight is 834 g/mol. The summed E-state index contributed by atoms with van der Waals surface area (Å²) < 4.78 is 22.8. The molecule has 0 radical (unpaired) electrons. The lowest BCUT2D eigenvalue weighted by molar-refractivity contribution is -0.220. The molecular formula is C43H80NO12P. The molecule has 1 saturated carbocycles. The molecule has 0 aromatic carbocycles. The van der Waals surface area contributed by atoms with Gasteiger partial charge in [-0.1, -0.05) is 153 Å². The molecule has 57 heavy (non-hydrogen) atoms. The summed E-state index contributed by atoms with van der Waals surface area (Å²) in [4.78, 5) is 23.4. The predicted molar refractivity (Wildman–Crippen MR) is 224 cm³/mol. The number of allylic oxidation sites excluding steroid dienone is 5. The molecule has 9 N–H and O–H groups in total. The maximum absolute atomic E-state index is 13.0. The Balaban J connectivity index is 2.61. The molecule has 334 valence electrons. The van der Waals surface area contributed by atoms with Gasteiger partial charge in [-0.2, -0.15) is 0 Å². The lowest BCUT2D eigenvalue weighted by Crippen LogP contribution is -2.64. The maximum atomic E-state index is 13.0. The minimum absolute atomic E-state index is 0.254. The predicted octanol–water partition coefficient (Wildman–Crippen LogP) is 6.58. The molecule has 13 nitrogen and oxygen atoms in total. The summed E-state index contributed by atoms with van der Waals surface area (Å²) in [5.41, 5.74) is 0. The number of nitrogens with one attached hydrogen (secondary N) is 1. The molecule has 0 aromatic rings. The number of aliphatic hydroxyl groups excluding tert-OH is 7. The van der Waals surface area contributed by atoms with Gasteiger partial charge < -0.3 is 46.0 Å². The minimum Gasteiger partial charge on any atom is -0.393 e. The van der Waals surface area contributed by atoms with Crippen molar-refractivity contribution in [3.05, 3.63) is 36.5 Å². The van der Waals surface area contributed by atoms with Crippen molar-refractivity contribution in [3.8, 4) is 0 Å². The molecule has 1 aliphatic carbocycles. The van der Waals surface area contributed by atoms with E-state index in [4.69, 9.17) is 9.05 Å². The van der Waals surface area contributed by atoms with Crippen LogP contribution in [0.1, 0.15) is 168 Å². The van der Waals surface area contributed by atoms with Crippen molar-refractivity contribution in [3.63, 3.8) is 0 Å². The van der Waals surface area contributed by atoms with E-state index in [0.29, 0.717) is 19.3 Å². The molecule has 8 unspecified atom stereocenters. The van der Waals surface area contributed by atoms with E-state index in [2.05, 4.69) is 37.4 Å². The second kappa shape index (κ2) is 33.3. The van der Waals surface area contributed by atoms with E-state index in [1.165, 1.54) is 89.5 Å². The van der Waals surface area contributed by atoms with Crippen LogP contribution in [-0.4, -0.2) is 108 Å². The van der Waals surface area contributed by atoms with Gasteiger partial charge in [-0.05, 0) is 44.9 Å². The van der Waals surface area contributed by atoms with Crippen LogP contribution in [0.25, 0.3) is 0 Å². The molecule has 0 aromatic heterocycles.